The molecule has 33 heavy (non-hydrogen) atoms. The van der Waals surface area contributed by atoms with Gasteiger partial charge in [0.1, 0.15) is 5.82 Å². The van der Waals surface area contributed by atoms with Gasteiger partial charge < -0.3 is 5.32 Å². The van der Waals surface area contributed by atoms with Crippen LogP contribution in [-0.2, 0) is 16.8 Å². The average molecular weight is 459 g/mol. The number of amides is 1. The van der Waals surface area contributed by atoms with Crippen molar-refractivity contribution < 1.29 is 4.79 Å². The van der Waals surface area contributed by atoms with Crippen molar-refractivity contribution in [2.45, 2.75) is 55.6 Å². The number of carbonyl (C=O) groups excluding carboxylic acids is 1. The predicted octanol–water partition coefficient (Wildman–Crippen LogP) is 5.14. The lowest BCUT2D eigenvalue weighted by Gasteiger charge is -2.56. The molecule has 0 saturated heterocycles. The first-order valence-electron chi connectivity index (χ1n) is 12.1. The van der Waals surface area contributed by atoms with Crippen LogP contribution in [0, 0.1) is 17.8 Å². The Labute approximate surface area is 199 Å². The first kappa shape index (κ1) is 21.0. The van der Waals surface area contributed by atoms with Gasteiger partial charge in [0.2, 0.25) is 5.91 Å². The fourth-order valence-corrected chi connectivity index (χ4v) is 7.66. The Hall–Kier alpha value is -2.60. The highest BCUT2D eigenvalue weighted by Crippen LogP contribution is 2.60. The second-order valence-corrected chi connectivity index (χ2v) is 11.2. The molecule has 2 aromatic carbocycles. The zero-order chi connectivity index (χ0) is 22.3. The van der Waals surface area contributed by atoms with Gasteiger partial charge in [-0.15, -0.1) is 10.2 Å². The van der Waals surface area contributed by atoms with E-state index in [-0.39, 0.29) is 11.3 Å². The quantitative estimate of drug-likeness (QED) is 0.498. The van der Waals surface area contributed by atoms with Gasteiger partial charge in [0, 0.05) is 17.6 Å². The van der Waals surface area contributed by atoms with E-state index >= 15 is 0 Å². The van der Waals surface area contributed by atoms with Crippen LogP contribution in [-0.4, -0.2) is 26.4 Å². The van der Waals surface area contributed by atoms with E-state index in [4.69, 9.17) is 5.10 Å². The minimum absolute atomic E-state index is 0.0165. The van der Waals surface area contributed by atoms with E-state index in [1.807, 2.05) is 36.4 Å². The zero-order valence-corrected chi connectivity index (χ0v) is 19.6. The van der Waals surface area contributed by atoms with E-state index < -0.39 is 0 Å². The van der Waals surface area contributed by atoms with Gasteiger partial charge in [0.15, 0.2) is 5.16 Å². The van der Waals surface area contributed by atoms with Crippen LogP contribution in [0.25, 0.3) is 5.69 Å². The van der Waals surface area contributed by atoms with E-state index in [2.05, 4.69) is 39.2 Å². The molecule has 1 aromatic heterocycles. The van der Waals surface area contributed by atoms with E-state index in [0.717, 1.165) is 40.0 Å². The lowest BCUT2D eigenvalue weighted by Crippen LogP contribution is -2.49. The molecule has 1 amide bonds. The number of aromatic nitrogens is 3. The number of thioether (sulfide) groups is 1. The number of para-hydroxylation sites is 1. The maximum atomic E-state index is 12.6. The highest BCUT2D eigenvalue weighted by Gasteiger charge is 2.54. The van der Waals surface area contributed by atoms with Gasteiger partial charge in [-0.25, -0.2) is 0 Å². The van der Waals surface area contributed by atoms with E-state index in [1.165, 1.54) is 50.3 Å². The summed E-state index contributed by atoms with van der Waals surface area (Å²) >= 11 is 1.49. The van der Waals surface area contributed by atoms with Crippen molar-refractivity contribution in [3.63, 3.8) is 0 Å². The Morgan fingerprint density at radius 2 is 1.52 bits per heavy atom. The molecule has 0 radical (unpaired) electrons. The summed E-state index contributed by atoms with van der Waals surface area (Å²) in [7, 11) is 0. The Bertz CT molecular complexity index is 1090. The fourth-order valence-electron chi connectivity index (χ4n) is 6.88. The molecule has 4 fully saturated rings. The van der Waals surface area contributed by atoms with Crippen LogP contribution in [0.2, 0.25) is 0 Å². The molecule has 6 heteroatoms. The van der Waals surface area contributed by atoms with Crippen molar-refractivity contribution in [3.8, 4) is 5.69 Å². The largest absolute Gasteiger partial charge is 0.351 e. The molecule has 0 unspecified atom stereocenters. The van der Waals surface area contributed by atoms with Crippen molar-refractivity contribution in [1.29, 1.82) is 0 Å². The van der Waals surface area contributed by atoms with Gasteiger partial charge in [0.05, 0.1) is 5.75 Å². The van der Waals surface area contributed by atoms with Crippen molar-refractivity contribution in [2.75, 3.05) is 5.75 Å². The van der Waals surface area contributed by atoms with Gasteiger partial charge in [-0.3, -0.25) is 9.36 Å². The van der Waals surface area contributed by atoms with Gasteiger partial charge in [-0.1, -0.05) is 60.3 Å². The Kier molecular flexibility index (Phi) is 5.49. The van der Waals surface area contributed by atoms with Gasteiger partial charge in [0.25, 0.3) is 0 Å². The molecule has 3 aromatic rings. The zero-order valence-electron chi connectivity index (χ0n) is 18.8. The number of carbonyl (C=O) groups is 1. The highest BCUT2D eigenvalue weighted by atomic mass is 32.2. The van der Waals surface area contributed by atoms with E-state index in [9.17, 15) is 4.79 Å². The molecule has 170 valence electrons. The molecule has 4 aliphatic rings. The van der Waals surface area contributed by atoms with Crippen LogP contribution in [0.5, 0.6) is 0 Å². The number of benzene rings is 2. The van der Waals surface area contributed by atoms with Crippen molar-refractivity contribution in [1.82, 2.24) is 20.1 Å². The second-order valence-electron chi connectivity index (χ2n) is 10.2. The smallest absolute Gasteiger partial charge is 0.230 e. The Morgan fingerprint density at radius 1 is 0.909 bits per heavy atom. The monoisotopic (exact) mass is 458 g/mol. The van der Waals surface area contributed by atoms with Crippen LogP contribution in [0.4, 0.5) is 0 Å². The number of hydrogen-bond acceptors (Lipinski definition) is 4. The summed E-state index contributed by atoms with van der Waals surface area (Å²) in [4.78, 5) is 12.6. The minimum Gasteiger partial charge on any atom is -0.351 e. The van der Waals surface area contributed by atoms with Crippen LogP contribution in [0.15, 0.2) is 65.8 Å². The molecule has 0 aliphatic heterocycles. The number of hydrogen-bond donors (Lipinski definition) is 1. The maximum absolute atomic E-state index is 12.6. The molecule has 1 heterocycles. The summed E-state index contributed by atoms with van der Waals surface area (Å²) in [6, 6.07) is 20.5. The van der Waals surface area contributed by atoms with Crippen molar-refractivity contribution in [2.24, 2.45) is 17.8 Å². The third kappa shape index (κ3) is 4.10. The summed E-state index contributed by atoms with van der Waals surface area (Å²) in [5.41, 5.74) is 2.35. The Balaban J connectivity index is 1.24. The first-order valence-corrected chi connectivity index (χ1v) is 13.1. The maximum Gasteiger partial charge on any atom is 0.230 e. The molecular formula is C27H30N4OS. The van der Waals surface area contributed by atoms with Crippen LogP contribution in [0.3, 0.4) is 0 Å². The molecule has 1 N–H and O–H groups in total. The van der Waals surface area contributed by atoms with Gasteiger partial charge >= 0.3 is 0 Å². The second kappa shape index (κ2) is 8.64. The summed E-state index contributed by atoms with van der Waals surface area (Å²) in [6.45, 7) is 0.546. The number of nitrogens with one attached hydrogen (secondary N) is 1. The summed E-state index contributed by atoms with van der Waals surface area (Å²) in [6.07, 6.45) is 7.94. The molecular weight excluding hydrogens is 428 g/mol. The standard InChI is InChI=1S/C27H30N4OS/c32-24(28-17-19-7-3-1-4-8-19)18-33-26-30-29-25(31(26)23-9-5-2-6-10-23)27-14-20-11-21(15-27)13-22(12-20)16-27/h1-10,20-22H,11-18H2,(H,28,32). The lowest BCUT2D eigenvalue weighted by molar-refractivity contribution is -0.118. The normalized spacial score (nSPS) is 27.6. The summed E-state index contributed by atoms with van der Waals surface area (Å²) in [5.74, 6) is 4.01. The summed E-state index contributed by atoms with van der Waals surface area (Å²) in [5, 5.41) is 13.3. The molecule has 0 spiro atoms. The third-order valence-corrected chi connectivity index (χ3v) is 8.75. The van der Waals surface area contributed by atoms with Crippen LogP contribution >= 0.6 is 11.8 Å². The molecule has 4 bridgehead atoms. The van der Waals surface area contributed by atoms with Gasteiger partial charge in [-0.2, -0.15) is 0 Å². The van der Waals surface area contributed by atoms with Crippen molar-refractivity contribution in [3.05, 3.63) is 72.1 Å². The van der Waals surface area contributed by atoms with Crippen molar-refractivity contribution >= 4 is 17.7 Å². The molecule has 5 nitrogen and oxygen atoms in total. The van der Waals surface area contributed by atoms with E-state index in [0.29, 0.717) is 12.3 Å². The topological polar surface area (TPSA) is 59.8 Å². The molecule has 0 atom stereocenters. The molecule has 4 saturated carbocycles. The van der Waals surface area contributed by atoms with E-state index in [1.54, 1.807) is 0 Å². The predicted molar refractivity (Wildman–Crippen MR) is 130 cm³/mol. The average Bonchev–Trinajstić information content (AvgIpc) is 3.27. The highest BCUT2D eigenvalue weighted by molar-refractivity contribution is 7.99. The SMILES string of the molecule is O=C(CSc1nnc(C23CC4CC(CC(C4)C2)C3)n1-c1ccccc1)NCc1ccccc1. The number of nitrogens with zero attached hydrogens (tertiary/aromatic N) is 3. The third-order valence-electron chi connectivity index (χ3n) is 7.83. The first-order chi connectivity index (χ1) is 16.2. The molecule has 4 aliphatic carbocycles. The van der Waals surface area contributed by atoms with Crippen LogP contribution < -0.4 is 5.32 Å². The summed E-state index contributed by atoms with van der Waals surface area (Å²) < 4.78 is 2.25. The lowest BCUT2D eigenvalue weighted by atomic mass is 9.49. The number of rotatable bonds is 7. The Morgan fingerprint density at radius 3 is 2.15 bits per heavy atom. The van der Waals surface area contributed by atoms with Crippen LogP contribution in [0.1, 0.15) is 49.9 Å². The minimum atomic E-state index is 0.0165. The van der Waals surface area contributed by atoms with Gasteiger partial charge in [-0.05, 0) is 74.0 Å². The fraction of sp³-hybridized carbons (Fsp3) is 0.444. The molecule has 7 rings (SSSR count).